The maximum atomic E-state index is 12.2. The first kappa shape index (κ1) is 21.7. The summed E-state index contributed by atoms with van der Waals surface area (Å²) in [6.45, 7) is 3.81. The van der Waals surface area contributed by atoms with Gasteiger partial charge in [-0.25, -0.2) is 0 Å². The molecule has 0 radical (unpaired) electrons. The molecule has 0 aromatic carbocycles. The van der Waals surface area contributed by atoms with E-state index in [4.69, 9.17) is 11.3 Å². The van der Waals surface area contributed by atoms with E-state index in [1.807, 2.05) is 13.8 Å². The summed E-state index contributed by atoms with van der Waals surface area (Å²) in [5.74, 6) is 0.195. The first-order valence-corrected chi connectivity index (χ1v) is 9.28. The predicted octanol–water partition coefficient (Wildman–Crippen LogP) is 1.85. The zero-order valence-corrected chi connectivity index (χ0v) is 15.3. The van der Waals surface area contributed by atoms with Gasteiger partial charge < -0.3 is 21.3 Å². The molecule has 25 heavy (non-hydrogen) atoms. The van der Waals surface area contributed by atoms with Gasteiger partial charge in [-0.05, 0) is 30.2 Å². The average Bonchev–Trinajstić information content (AvgIpc) is 2.58. The van der Waals surface area contributed by atoms with Crippen LogP contribution < -0.4 is 11.1 Å². The summed E-state index contributed by atoms with van der Waals surface area (Å²) in [6, 6.07) is -1.51. The second kappa shape index (κ2) is 11.3. The Morgan fingerprint density at radius 1 is 1.32 bits per heavy atom. The van der Waals surface area contributed by atoms with Crippen molar-refractivity contribution in [3.05, 3.63) is 10.4 Å². The van der Waals surface area contributed by atoms with Gasteiger partial charge in [-0.2, -0.15) is 0 Å². The van der Waals surface area contributed by atoms with Crippen LogP contribution >= 0.6 is 0 Å². The predicted molar refractivity (Wildman–Crippen MR) is 96.6 cm³/mol. The average molecular weight is 355 g/mol. The van der Waals surface area contributed by atoms with Crippen LogP contribution in [0.1, 0.15) is 58.8 Å². The van der Waals surface area contributed by atoms with Gasteiger partial charge in [0.25, 0.3) is 0 Å². The smallest absolute Gasteiger partial charge is 0.237 e. The van der Waals surface area contributed by atoms with Crippen molar-refractivity contribution in [2.24, 2.45) is 22.7 Å². The van der Waals surface area contributed by atoms with Gasteiger partial charge in [-0.1, -0.05) is 51.1 Å². The van der Waals surface area contributed by atoms with Crippen LogP contribution in [0.5, 0.6) is 0 Å². The highest BCUT2D eigenvalue weighted by Gasteiger charge is 2.31. The van der Waals surface area contributed by atoms with Crippen molar-refractivity contribution in [2.75, 3.05) is 6.54 Å². The van der Waals surface area contributed by atoms with Gasteiger partial charge in [0, 0.05) is 11.5 Å². The minimum absolute atomic E-state index is 0.136. The number of carbonyl (C=O) groups excluding carboxylic acids is 1. The molecule has 1 fully saturated rings. The molecule has 144 valence electrons. The lowest BCUT2D eigenvalue weighted by atomic mass is 9.82. The van der Waals surface area contributed by atoms with Gasteiger partial charge in [-0.3, -0.25) is 4.79 Å². The number of nitrogens with zero attached hydrogens (tertiary/aromatic N) is 3. The van der Waals surface area contributed by atoms with Crippen molar-refractivity contribution < 1.29 is 15.0 Å². The van der Waals surface area contributed by atoms with Crippen LogP contribution in [0.15, 0.2) is 5.11 Å². The van der Waals surface area contributed by atoms with E-state index in [0.717, 1.165) is 25.7 Å². The van der Waals surface area contributed by atoms with E-state index in [2.05, 4.69) is 15.3 Å². The highest BCUT2D eigenvalue weighted by molar-refractivity contribution is 5.82. The Hall–Kier alpha value is -1.34. The standard InChI is InChI=1S/C17H33N5O3/c1-11(2)8-15(23)16(24)14(9-12-6-4-3-5-7-12)21-17(25)13(18)10-20-22-19/h11-16,23-24H,3-10,18H2,1-2H3,(H,21,25)/t13-,14-,15-,16+/m0/s1. The number of hydrogen-bond donors (Lipinski definition) is 4. The minimum Gasteiger partial charge on any atom is -0.390 e. The number of rotatable bonds is 10. The van der Waals surface area contributed by atoms with E-state index in [-0.39, 0.29) is 12.5 Å². The van der Waals surface area contributed by atoms with Gasteiger partial charge in [0.05, 0.1) is 18.2 Å². The molecule has 8 nitrogen and oxygen atoms in total. The third-order valence-electron chi connectivity index (χ3n) is 4.84. The van der Waals surface area contributed by atoms with Gasteiger partial charge in [0.15, 0.2) is 0 Å². The van der Waals surface area contributed by atoms with Crippen LogP contribution in [0, 0.1) is 11.8 Å². The summed E-state index contributed by atoms with van der Waals surface area (Å²) in [7, 11) is 0. The summed E-state index contributed by atoms with van der Waals surface area (Å²) < 4.78 is 0. The topological polar surface area (TPSA) is 144 Å². The molecule has 1 saturated carbocycles. The largest absolute Gasteiger partial charge is 0.390 e. The number of amides is 1. The van der Waals surface area contributed by atoms with Crippen LogP contribution in [0.2, 0.25) is 0 Å². The molecule has 0 aromatic rings. The molecule has 8 heteroatoms. The van der Waals surface area contributed by atoms with Crippen molar-refractivity contribution >= 4 is 5.91 Å². The van der Waals surface area contributed by atoms with Gasteiger partial charge in [0.2, 0.25) is 5.91 Å². The highest BCUT2D eigenvalue weighted by Crippen LogP contribution is 2.28. The summed E-state index contributed by atoms with van der Waals surface area (Å²) in [6.07, 6.45) is 4.83. The maximum Gasteiger partial charge on any atom is 0.237 e. The number of aliphatic hydroxyl groups is 2. The molecule has 0 heterocycles. The van der Waals surface area contributed by atoms with E-state index in [1.165, 1.54) is 6.42 Å². The van der Waals surface area contributed by atoms with Crippen LogP contribution in [0.4, 0.5) is 0 Å². The number of aliphatic hydroxyl groups excluding tert-OH is 2. The third kappa shape index (κ3) is 8.05. The Bertz CT molecular complexity index is 448. The van der Waals surface area contributed by atoms with Crippen molar-refractivity contribution in [1.82, 2.24) is 5.32 Å². The number of nitrogens with two attached hydrogens (primary N) is 1. The van der Waals surface area contributed by atoms with Crippen molar-refractivity contribution in [3.8, 4) is 0 Å². The van der Waals surface area contributed by atoms with Crippen molar-refractivity contribution in [2.45, 2.75) is 83.1 Å². The normalized spacial score (nSPS) is 20.4. The quantitative estimate of drug-likeness (QED) is 0.269. The number of hydrogen-bond acceptors (Lipinski definition) is 5. The number of azide groups is 1. The van der Waals surface area contributed by atoms with Crippen molar-refractivity contribution in [1.29, 1.82) is 0 Å². The van der Waals surface area contributed by atoms with Crippen LogP contribution in [-0.2, 0) is 4.79 Å². The molecule has 1 aliphatic carbocycles. The van der Waals surface area contributed by atoms with Gasteiger partial charge >= 0.3 is 0 Å². The van der Waals surface area contributed by atoms with Gasteiger partial charge in [-0.15, -0.1) is 0 Å². The summed E-state index contributed by atoms with van der Waals surface area (Å²) in [4.78, 5) is 14.8. The van der Waals surface area contributed by atoms with Crippen molar-refractivity contribution in [3.63, 3.8) is 0 Å². The molecule has 0 unspecified atom stereocenters. The second-order valence-electron chi connectivity index (χ2n) is 7.56. The lowest BCUT2D eigenvalue weighted by Crippen LogP contribution is -2.54. The molecule has 0 aliphatic heterocycles. The summed E-state index contributed by atoms with van der Waals surface area (Å²) in [5, 5.41) is 26.9. The number of nitrogens with one attached hydrogen (secondary N) is 1. The Morgan fingerprint density at radius 2 is 1.96 bits per heavy atom. The zero-order valence-electron chi connectivity index (χ0n) is 15.3. The van der Waals surface area contributed by atoms with E-state index in [1.54, 1.807) is 0 Å². The lowest BCUT2D eigenvalue weighted by molar-refractivity contribution is -0.124. The highest BCUT2D eigenvalue weighted by atomic mass is 16.3. The van der Waals surface area contributed by atoms with Crippen LogP contribution in [-0.4, -0.2) is 47.0 Å². The monoisotopic (exact) mass is 355 g/mol. The second-order valence-corrected chi connectivity index (χ2v) is 7.56. The molecule has 0 spiro atoms. The third-order valence-corrected chi connectivity index (χ3v) is 4.84. The Kier molecular flexibility index (Phi) is 9.82. The molecule has 0 aromatic heterocycles. The molecule has 0 saturated heterocycles. The number of carbonyl (C=O) groups is 1. The first-order chi connectivity index (χ1) is 11.8. The summed E-state index contributed by atoms with van der Waals surface area (Å²) in [5.41, 5.74) is 14.1. The lowest BCUT2D eigenvalue weighted by Gasteiger charge is -2.33. The molecule has 5 N–H and O–H groups in total. The van der Waals surface area contributed by atoms with Crippen LogP contribution in [0.3, 0.4) is 0 Å². The molecule has 1 rings (SSSR count). The molecule has 4 atom stereocenters. The van der Waals surface area contributed by atoms with E-state index in [9.17, 15) is 15.0 Å². The fraction of sp³-hybridized carbons (Fsp3) is 0.941. The molecular weight excluding hydrogens is 322 g/mol. The molecule has 1 amide bonds. The fourth-order valence-corrected chi connectivity index (χ4v) is 3.45. The summed E-state index contributed by atoms with van der Waals surface area (Å²) >= 11 is 0. The van der Waals surface area contributed by atoms with E-state index >= 15 is 0 Å². The first-order valence-electron chi connectivity index (χ1n) is 9.28. The Morgan fingerprint density at radius 3 is 2.52 bits per heavy atom. The molecule has 0 bridgehead atoms. The minimum atomic E-state index is -1.04. The van der Waals surface area contributed by atoms with E-state index < -0.39 is 30.2 Å². The fourth-order valence-electron chi connectivity index (χ4n) is 3.45. The van der Waals surface area contributed by atoms with E-state index in [0.29, 0.717) is 18.8 Å². The Labute approximate surface area is 149 Å². The SMILES string of the molecule is CC(C)C[C@H](O)[C@H](O)[C@H](CC1CCCCC1)NC(=O)[C@@H](N)CN=[N+]=[N-]. The van der Waals surface area contributed by atoms with Crippen LogP contribution in [0.25, 0.3) is 10.4 Å². The van der Waals surface area contributed by atoms with Gasteiger partial charge in [0.1, 0.15) is 6.10 Å². The molecule has 1 aliphatic rings. The molecular formula is C17H33N5O3. The zero-order chi connectivity index (χ0) is 18.8. The maximum absolute atomic E-state index is 12.2. The Balaban J connectivity index is 2.74.